The second-order valence-electron chi connectivity index (χ2n) is 13.5. The van der Waals surface area contributed by atoms with Gasteiger partial charge in [0.15, 0.2) is 23.2 Å². The average molecular weight is 653 g/mol. The van der Waals surface area contributed by atoms with Gasteiger partial charge in [-0.1, -0.05) is 166 Å². The lowest BCUT2D eigenvalue weighted by molar-refractivity contribution is 0.661. The van der Waals surface area contributed by atoms with Crippen molar-refractivity contribution < 1.29 is 0 Å². The number of fused-ring (bicyclic) bond motifs is 4. The third-order valence-corrected chi connectivity index (χ3v) is 10.2. The van der Waals surface area contributed by atoms with Crippen molar-refractivity contribution in [1.29, 1.82) is 0 Å². The molecule has 0 aliphatic heterocycles. The van der Waals surface area contributed by atoms with Crippen molar-refractivity contribution in [3.05, 3.63) is 180 Å². The van der Waals surface area contributed by atoms with Crippen molar-refractivity contribution in [2.75, 3.05) is 0 Å². The molecule has 0 N–H and O–H groups in total. The van der Waals surface area contributed by atoms with E-state index in [9.17, 15) is 0 Å². The molecule has 9 rings (SSSR count). The van der Waals surface area contributed by atoms with Gasteiger partial charge in [-0.2, -0.15) is 0 Å². The van der Waals surface area contributed by atoms with E-state index in [4.69, 9.17) is 21.5 Å². The monoisotopic (exact) mass is 652 g/mol. The molecule has 1 aliphatic carbocycles. The molecule has 0 spiro atoms. The van der Waals surface area contributed by atoms with Gasteiger partial charge < -0.3 is 0 Å². The van der Waals surface area contributed by atoms with Crippen LogP contribution in [0, 0.1) is 6.57 Å². The maximum Gasteiger partial charge on any atom is 0.195 e. The maximum atomic E-state index is 7.78. The Balaban J connectivity index is 1.18. The first-order valence-corrected chi connectivity index (χ1v) is 17.2. The van der Waals surface area contributed by atoms with Crippen molar-refractivity contribution in [2.45, 2.75) is 19.3 Å². The summed E-state index contributed by atoms with van der Waals surface area (Å²) in [7, 11) is 0. The molecule has 0 bridgehead atoms. The van der Waals surface area contributed by atoms with Gasteiger partial charge >= 0.3 is 0 Å². The van der Waals surface area contributed by atoms with E-state index in [2.05, 4.69) is 104 Å². The largest absolute Gasteiger partial charge is 0.238 e. The summed E-state index contributed by atoms with van der Waals surface area (Å²) in [6.45, 7) is 12.3. The molecule has 0 saturated heterocycles. The van der Waals surface area contributed by atoms with Gasteiger partial charge in [0.2, 0.25) is 0 Å². The Morgan fingerprint density at radius 2 is 1.04 bits per heavy atom. The first kappa shape index (κ1) is 30.4. The zero-order chi connectivity index (χ0) is 34.5. The lowest BCUT2D eigenvalue weighted by Gasteiger charge is -2.22. The second-order valence-corrected chi connectivity index (χ2v) is 13.5. The summed E-state index contributed by atoms with van der Waals surface area (Å²) in [4.78, 5) is 19.1. The molecule has 4 heteroatoms. The zero-order valence-corrected chi connectivity index (χ0v) is 28.3. The van der Waals surface area contributed by atoms with Crippen LogP contribution < -0.4 is 0 Å². The zero-order valence-electron chi connectivity index (χ0n) is 28.3. The summed E-state index contributed by atoms with van der Waals surface area (Å²) in [5.41, 5.74) is 12.5. The van der Waals surface area contributed by atoms with Gasteiger partial charge in [0, 0.05) is 22.1 Å². The van der Waals surface area contributed by atoms with E-state index in [1.807, 2.05) is 72.8 Å². The quantitative estimate of drug-likeness (QED) is 0.174. The number of aromatic nitrogens is 3. The minimum Gasteiger partial charge on any atom is -0.238 e. The molecule has 0 radical (unpaired) electrons. The summed E-state index contributed by atoms with van der Waals surface area (Å²) in [6, 6.07) is 54.6. The van der Waals surface area contributed by atoms with Crippen LogP contribution in [0.2, 0.25) is 0 Å². The molecule has 0 atom stereocenters. The molecule has 1 aromatic heterocycles. The number of hydrogen-bond donors (Lipinski definition) is 0. The Morgan fingerprint density at radius 3 is 1.73 bits per heavy atom. The molecule has 51 heavy (non-hydrogen) atoms. The van der Waals surface area contributed by atoms with E-state index in [1.54, 1.807) is 0 Å². The van der Waals surface area contributed by atoms with Crippen LogP contribution in [0.5, 0.6) is 0 Å². The fourth-order valence-corrected chi connectivity index (χ4v) is 7.56. The summed E-state index contributed by atoms with van der Waals surface area (Å²) in [6.07, 6.45) is 0. The minimum atomic E-state index is -0.191. The molecule has 8 aromatic rings. The maximum absolute atomic E-state index is 7.78. The Hall–Kier alpha value is -6.70. The number of rotatable bonds is 5. The van der Waals surface area contributed by atoms with Crippen LogP contribution in [-0.2, 0) is 5.41 Å². The van der Waals surface area contributed by atoms with Gasteiger partial charge in [-0.05, 0) is 61.3 Å². The normalized spacial score (nSPS) is 12.6. The van der Waals surface area contributed by atoms with Gasteiger partial charge in [-0.25, -0.2) is 19.8 Å². The Bertz CT molecular complexity index is 2600. The molecular weight excluding hydrogens is 621 g/mol. The third kappa shape index (κ3) is 5.10. The van der Waals surface area contributed by atoms with Crippen LogP contribution in [0.25, 0.3) is 83.2 Å². The van der Waals surface area contributed by atoms with Gasteiger partial charge in [0.25, 0.3) is 0 Å². The van der Waals surface area contributed by atoms with Gasteiger partial charge in [0.05, 0.1) is 6.57 Å². The highest BCUT2D eigenvalue weighted by atomic mass is 15.0. The average Bonchev–Trinajstić information content (AvgIpc) is 3.43. The second kappa shape index (κ2) is 12.0. The van der Waals surface area contributed by atoms with E-state index in [-0.39, 0.29) is 5.41 Å². The summed E-state index contributed by atoms with van der Waals surface area (Å²) in [5.74, 6) is 1.91. The van der Waals surface area contributed by atoms with E-state index >= 15 is 0 Å². The summed E-state index contributed by atoms with van der Waals surface area (Å²) < 4.78 is 0. The highest BCUT2D eigenvalue weighted by Crippen LogP contribution is 2.53. The van der Waals surface area contributed by atoms with E-state index < -0.39 is 0 Å². The molecule has 0 fully saturated rings. The molecule has 4 nitrogen and oxygen atoms in total. The van der Waals surface area contributed by atoms with Crippen molar-refractivity contribution in [2.24, 2.45) is 0 Å². The molecule has 0 saturated carbocycles. The highest BCUT2D eigenvalue weighted by molar-refractivity contribution is 6.03. The van der Waals surface area contributed by atoms with Gasteiger partial charge in [-0.3, -0.25) is 0 Å². The lowest BCUT2D eigenvalue weighted by Crippen LogP contribution is -2.14. The number of hydrogen-bond acceptors (Lipinski definition) is 3. The van der Waals surface area contributed by atoms with E-state index in [0.717, 1.165) is 60.8 Å². The smallest absolute Gasteiger partial charge is 0.195 e. The fourth-order valence-electron chi connectivity index (χ4n) is 7.56. The number of nitrogens with zero attached hydrogens (tertiary/aromatic N) is 4. The van der Waals surface area contributed by atoms with Gasteiger partial charge in [-0.15, -0.1) is 0 Å². The van der Waals surface area contributed by atoms with Crippen LogP contribution in [0.1, 0.15) is 25.0 Å². The van der Waals surface area contributed by atoms with Crippen LogP contribution in [0.3, 0.4) is 0 Å². The van der Waals surface area contributed by atoms with Crippen LogP contribution in [0.4, 0.5) is 5.69 Å². The van der Waals surface area contributed by atoms with Gasteiger partial charge in [0.1, 0.15) is 0 Å². The number of benzene rings is 7. The predicted octanol–water partition coefficient (Wildman–Crippen LogP) is 12.2. The van der Waals surface area contributed by atoms with Crippen molar-refractivity contribution >= 4 is 16.5 Å². The standard InChI is InChI=1S/C47H32N4/c1-47(2)39-19-12-20-41(48-3)43(39)38-28-26-35(29-40(38)47)30-21-23-32(24-22-30)37-27-25-31-13-10-11-18-36(31)42(37)46-50-44(33-14-6-4-7-15-33)49-45(51-46)34-16-8-5-9-17-34/h4-29H,1-2H3. The van der Waals surface area contributed by atoms with Crippen LogP contribution in [-0.4, -0.2) is 15.0 Å². The highest BCUT2D eigenvalue weighted by Gasteiger charge is 2.36. The van der Waals surface area contributed by atoms with Crippen molar-refractivity contribution in [3.63, 3.8) is 0 Å². The first-order chi connectivity index (χ1) is 25.0. The molecule has 1 heterocycles. The molecular formula is C47H32N4. The van der Waals surface area contributed by atoms with Crippen LogP contribution >= 0.6 is 0 Å². The Morgan fingerprint density at radius 1 is 0.451 bits per heavy atom. The lowest BCUT2D eigenvalue weighted by atomic mass is 9.81. The molecule has 1 aliphatic rings. The first-order valence-electron chi connectivity index (χ1n) is 17.2. The molecule has 240 valence electrons. The molecule has 0 unspecified atom stereocenters. The Kier molecular flexibility index (Phi) is 7.15. The van der Waals surface area contributed by atoms with Crippen molar-refractivity contribution in [3.8, 4) is 67.5 Å². The predicted molar refractivity (Wildman–Crippen MR) is 208 cm³/mol. The van der Waals surface area contributed by atoms with E-state index in [0.29, 0.717) is 23.2 Å². The minimum absolute atomic E-state index is 0.191. The van der Waals surface area contributed by atoms with Crippen LogP contribution in [0.15, 0.2) is 158 Å². The summed E-state index contributed by atoms with van der Waals surface area (Å²) >= 11 is 0. The molecule has 0 amide bonds. The molecule has 7 aromatic carbocycles. The summed E-state index contributed by atoms with van der Waals surface area (Å²) in [5, 5.41) is 2.21. The fraction of sp³-hybridized carbons (Fsp3) is 0.0638. The topological polar surface area (TPSA) is 43.0 Å². The SMILES string of the molecule is [C-]#[N+]c1cccc2c1-c1ccc(-c3ccc(-c4ccc5ccccc5c4-c4nc(-c5ccccc5)nc(-c5ccccc5)n4)cc3)cc1C2(C)C. The van der Waals surface area contributed by atoms with E-state index in [1.165, 1.54) is 11.1 Å². The van der Waals surface area contributed by atoms with Crippen molar-refractivity contribution in [1.82, 2.24) is 15.0 Å². The Labute approximate surface area is 297 Å². The third-order valence-electron chi connectivity index (χ3n) is 10.2.